The molecule has 6 nitrogen and oxygen atoms in total. The van der Waals surface area contributed by atoms with Gasteiger partial charge in [0.05, 0.1) is 22.4 Å². The van der Waals surface area contributed by atoms with Gasteiger partial charge in [-0.15, -0.1) is 11.3 Å². The fourth-order valence-corrected chi connectivity index (χ4v) is 4.61. The molecule has 0 amide bonds. The Kier molecular flexibility index (Phi) is 6.67. The molecule has 0 unspecified atom stereocenters. The first-order valence-corrected chi connectivity index (χ1v) is 11.4. The third kappa shape index (κ3) is 5.09. The Morgan fingerprint density at radius 2 is 2.07 bits per heavy atom. The number of guanidine groups is 1. The molecule has 0 spiro atoms. The molecular weight excluding hydrogens is 380 g/mol. The first-order valence-electron chi connectivity index (χ1n) is 10.6. The first kappa shape index (κ1) is 19.8. The van der Waals surface area contributed by atoms with E-state index in [0.717, 1.165) is 63.5 Å². The Morgan fingerprint density at radius 3 is 2.86 bits per heavy atom. The van der Waals surface area contributed by atoms with Crippen LogP contribution in [0.5, 0.6) is 0 Å². The highest BCUT2D eigenvalue weighted by Crippen LogP contribution is 2.24. The summed E-state index contributed by atoms with van der Waals surface area (Å²) < 4.78 is 2.21. The van der Waals surface area contributed by atoms with Crippen LogP contribution in [0.4, 0.5) is 5.00 Å². The monoisotopic (exact) mass is 410 g/mol. The van der Waals surface area contributed by atoms with Crippen LogP contribution in [0.2, 0.25) is 0 Å². The number of piperidine rings is 1. The predicted molar refractivity (Wildman–Crippen MR) is 123 cm³/mol. The normalized spacial score (nSPS) is 15.8. The molecule has 2 aromatic heterocycles. The van der Waals surface area contributed by atoms with Gasteiger partial charge in [-0.1, -0.05) is 12.1 Å². The average Bonchev–Trinajstić information content (AvgIpc) is 3.42. The van der Waals surface area contributed by atoms with E-state index in [4.69, 9.17) is 4.99 Å². The Labute approximate surface area is 176 Å². The van der Waals surface area contributed by atoms with Gasteiger partial charge in [0.25, 0.3) is 0 Å². The van der Waals surface area contributed by atoms with Gasteiger partial charge < -0.3 is 20.1 Å². The summed E-state index contributed by atoms with van der Waals surface area (Å²) in [5.41, 5.74) is 2.25. The van der Waals surface area contributed by atoms with E-state index in [1.54, 1.807) is 0 Å². The van der Waals surface area contributed by atoms with Crippen molar-refractivity contribution in [3.8, 4) is 0 Å². The van der Waals surface area contributed by atoms with Gasteiger partial charge in [-0.25, -0.2) is 4.98 Å². The molecule has 1 aromatic carbocycles. The van der Waals surface area contributed by atoms with Gasteiger partial charge in [-0.05, 0) is 55.8 Å². The average molecular weight is 411 g/mol. The van der Waals surface area contributed by atoms with Crippen molar-refractivity contribution in [1.82, 2.24) is 20.2 Å². The van der Waals surface area contributed by atoms with Crippen molar-refractivity contribution in [3.05, 3.63) is 48.1 Å². The molecule has 0 aliphatic carbocycles. The molecule has 0 bridgehead atoms. The van der Waals surface area contributed by atoms with E-state index in [2.05, 4.69) is 67.7 Å². The van der Waals surface area contributed by atoms with E-state index in [9.17, 15) is 0 Å². The highest BCUT2D eigenvalue weighted by Gasteiger charge is 2.20. The number of hydrogen-bond donors (Lipinski definition) is 2. The number of fused-ring (bicyclic) bond motifs is 1. The van der Waals surface area contributed by atoms with E-state index < -0.39 is 0 Å². The fraction of sp³-hybridized carbons (Fsp3) is 0.455. The maximum absolute atomic E-state index is 4.81. The molecule has 0 atom stereocenters. The summed E-state index contributed by atoms with van der Waals surface area (Å²) in [6.45, 7) is 6.94. The number of hydrogen-bond acceptors (Lipinski definition) is 4. The standard InChI is InChI=1S/C22H30N6S/c1-2-23-22(26-18-10-14-27(15-11-18)21-9-5-16-29-21)24-12-6-13-28-17-25-19-7-3-4-8-20(19)28/h3-5,7-9,16-18H,2,6,10-15H2,1H3,(H2,23,24,26). The lowest BCUT2D eigenvalue weighted by atomic mass is 10.1. The number of aryl methyl sites for hydroxylation is 1. The van der Waals surface area contributed by atoms with Gasteiger partial charge in [0.1, 0.15) is 0 Å². The number of aromatic nitrogens is 2. The topological polar surface area (TPSA) is 57.5 Å². The molecule has 2 N–H and O–H groups in total. The predicted octanol–water partition coefficient (Wildman–Crippen LogP) is 3.71. The quantitative estimate of drug-likeness (QED) is 0.354. The lowest BCUT2D eigenvalue weighted by Gasteiger charge is -2.33. The smallest absolute Gasteiger partial charge is 0.191 e. The van der Waals surface area contributed by atoms with Gasteiger partial charge in [0, 0.05) is 38.8 Å². The third-order valence-electron chi connectivity index (χ3n) is 5.35. The largest absolute Gasteiger partial charge is 0.363 e. The van der Waals surface area contributed by atoms with Crippen LogP contribution >= 0.6 is 11.3 Å². The molecule has 0 radical (unpaired) electrons. The number of benzene rings is 1. The highest BCUT2D eigenvalue weighted by molar-refractivity contribution is 7.14. The van der Waals surface area contributed by atoms with Crippen LogP contribution in [0.1, 0.15) is 26.2 Å². The van der Waals surface area contributed by atoms with Crippen LogP contribution in [-0.4, -0.2) is 47.7 Å². The zero-order valence-electron chi connectivity index (χ0n) is 17.1. The number of thiophene rings is 1. The highest BCUT2D eigenvalue weighted by atomic mass is 32.1. The summed E-state index contributed by atoms with van der Waals surface area (Å²) in [6, 6.07) is 13.1. The molecule has 1 saturated heterocycles. The number of aliphatic imine (C=N–C) groups is 1. The lowest BCUT2D eigenvalue weighted by molar-refractivity contribution is 0.462. The van der Waals surface area contributed by atoms with Crippen LogP contribution in [0.3, 0.4) is 0 Å². The van der Waals surface area contributed by atoms with Gasteiger partial charge in [0.2, 0.25) is 0 Å². The molecule has 1 aliphatic heterocycles. The summed E-state index contributed by atoms with van der Waals surface area (Å²) in [5.74, 6) is 0.942. The zero-order chi connectivity index (χ0) is 19.9. The molecular formula is C22H30N6S. The van der Waals surface area contributed by atoms with Gasteiger partial charge >= 0.3 is 0 Å². The van der Waals surface area contributed by atoms with Gasteiger partial charge in [0.15, 0.2) is 5.96 Å². The van der Waals surface area contributed by atoms with Crippen LogP contribution in [0.15, 0.2) is 53.1 Å². The maximum atomic E-state index is 4.81. The Bertz CT molecular complexity index is 908. The minimum absolute atomic E-state index is 0.488. The lowest BCUT2D eigenvalue weighted by Crippen LogP contribution is -2.48. The van der Waals surface area contributed by atoms with Crippen molar-refractivity contribution in [1.29, 1.82) is 0 Å². The van der Waals surface area contributed by atoms with E-state index in [0.29, 0.717) is 6.04 Å². The first-order chi connectivity index (χ1) is 14.3. The van der Waals surface area contributed by atoms with Crippen molar-refractivity contribution < 1.29 is 0 Å². The molecule has 154 valence electrons. The zero-order valence-corrected chi connectivity index (χ0v) is 17.9. The number of rotatable bonds is 7. The van der Waals surface area contributed by atoms with Crippen LogP contribution in [0, 0.1) is 0 Å². The number of nitrogens with one attached hydrogen (secondary N) is 2. The number of para-hydroxylation sites is 2. The second kappa shape index (κ2) is 9.78. The van der Waals surface area contributed by atoms with Crippen LogP contribution < -0.4 is 15.5 Å². The minimum atomic E-state index is 0.488. The number of nitrogens with zero attached hydrogens (tertiary/aromatic N) is 4. The molecule has 7 heteroatoms. The maximum Gasteiger partial charge on any atom is 0.191 e. The fourth-order valence-electron chi connectivity index (χ4n) is 3.83. The van der Waals surface area contributed by atoms with Crippen molar-refractivity contribution >= 4 is 33.3 Å². The minimum Gasteiger partial charge on any atom is -0.363 e. The second-order valence-electron chi connectivity index (χ2n) is 7.40. The van der Waals surface area contributed by atoms with E-state index >= 15 is 0 Å². The molecule has 0 saturated carbocycles. The van der Waals surface area contributed by atoms with Crippen molar-refractivity contribution in [2.24, 2.45) is 4.99 Å². The summed E-state index contributed by atoms with van der Waals surface area (Å²) in [7, 11) is 0. The Morgan fingerprint density at radius 1 is 1.21 bits per heavy atom. The molecule has 4 rings (SSSR count). The SMILES string of the molecule is CCNC(=NCCCn1cnc2ccccc21)NC1CCN(c2cccs2)CC1. The van der Waals surface area contributed by atoms with Crippen molar-refractivity contribution in [2.45, 2.75) is 38.8 Å². The number of anilines is 1. The Hall–Kier alpha value is -2.54. The molecule has 3 heterocycles. The molecule has 1 aliphatic rings. The van der Waals surface area contributed by atoms with Crippen molar-refractivity contribution in [2.75, 3.05) is 31.1 Å². The van der Waals surface area contributed by atoms with E-state index in [-0.39, 0.29) is 0 Å². The summed E-state index contributed by atoms with van der Waals surface area (Å²) in [5, 5.41) is 10.6. The van der Waals surface area contributed by atoms with Gasteiger partial charge in [-0.2, -0.15) is 0 Å². The second-order valence-corrected chi connectivity index (χ2v) is 8.32. The molecule has 29 heavy (non-hydrogen) atoms. The summed E-state index contributed by atoms with van der Waals surface area (Å²) in [4.78, 5) is 11.8. The van der Waals surface area contributed by atoms with E-state index in [1.165, 1.54) is 10.5 Å². The number of imidazole rings is 1. The van der Waals surface area contributed by atoms with Crippen LogP contribution in [-0.2, 0) is 6.54 Å². The molecule has 3 aromatic rings. The Balaban J connectivity index is 1.25. The summed E-state index contributed by atoms with van der Waals surface area (Å²) >= 11 is 1.83. The van der Waals surface area contributed by atoms with Crippen LogP contribution in [0.25, 0.3) is 11.0 Å². The van der Waals surface area contributed by atoms with Gasteiger partial charge in [-0.3, -0.25) is 4.99 Å². The van der Waals surface area contributed by atoms with E-state index in [1.807, 2.05) is 23.7 Å². The van der Waals surface area contributed by atoms with Crippen molar-refractivity contribution in [3.63, 3.8) is 0 Å². The third-order valence-corrected chi connectivity index (χ3v) is 6.28. The summed E-state index contributed by atoms with van der Waals surface area (Å²) in [6.07, 6.45) is 5.21. The molecule has 1 fully saturated rings.